The first-order chi connectivity index (χ1) is 7.77. The van der Waals surface area contributed by atoms with Gasteiger partial charge in [0.2, 0.25) is 11.1 Å². The van der Waals surface area contributed by atoms with Crippen LogP contribution < -0.4 is 5.43 Å². The van der Waals surface area contributed by atoms with Crippen molar-refractivity contribution in [3.63, 3.8) is 0 Å². The van der Waals surface area contributed by atoms with E-state index in [2.05, 4.69) is 4.98 Å². The Labute approximate surface area is 89.1 Å². The number of fused-ring (bicyclic) bond motifs is 2. The fourth-order valence-electron chi connectivity index (χ4n) is 1.68. The van der Waals surface area contributed by atoms with Crippen LogP contribution in [-0.4, -0.2) is 4.98 Å². The second kappa shape index (κ2) is 3.13. The summed E-state index contributed by atoms with van der Waals surface area (Å²) >= 11 is 0. The average Bonchev–Trinajstić information content (AvgIpc) is 2.31. The van der Waals surface area contributed by atoms with Gasteiger partial charge in [-0.05, 0) is 24.3 Å². The molecule has 0 radical (unpaired) electrons. The molecular formula is C12H6FNO2. The number of rotatable bonds is 0. The zero-order valence-corrected chi connectivity index (χ0v) is 8.11. The molecule has 0 aliphatic heterocycles. The fourth-order valence-corrected chi connectivity index (χ4v) is 1.68. The summed E-state index contributed by atoms with van der Waals surface area (Å²) in [6.45, 7) is 0. The summed E-state index contributed by atoms with van der Waals surface area (Å²) in [4.78, 5) is 15.9. The standard InChI is InChI=1S/C12H6FNO2/c13-9-5-1-3-7-10(15)8-4-2-6-14-12(8)16-11(7)9/h1-6H. The van der Waals surface area contributed by atoms with Gasteiger partial charge in [0.25, 0.3) is 0 Å². The first-order valence-corrected chi connectivity index (χ1v) is 4.73. The molecule has 0 spiro atoms. The quantitative estimate of drug-likeness (QED) is 0.541. The molecule has 0 fully saturated rings. The minimum atomic E-state index is -0.554. The van der Waals surface area contributed by atoms with Crippen molar-refractivity contribution in [3.8, 4) is 0 Å². The number of aromatic nitrogens is 1. The van der Waals surface area contributed by atoms with E-state index in [4.69, 9.17) is 4.42 Å². The summed E-state index contributed by atoms with van der Waals surface area (Å²) in [5, 5.41) is 0.598. The van der Waals surface area contributed by atoms with Crippen LogP contribution in [-0.2, 0) is 0 Å². The fraction of sp³-hybridized carbons (Fsp3) is 0. The summed E-state index contributed by atoms with van der Waals surface area (Å²) < 4.78 is 18.7. The number of halogens is 1. The highest BCUT2D eigenvalue weighted by atomic mass is 19.1. The molecule has 3 nitrogen and oxygen atoms in total. The average molecular weight is 215 g/mol. The molecule has 2 heterocycles. The van der Waals surface area contributed by atoms with Crippen LogP contribution in [0, 0.1) is 5.82 Å². The van der Waals surface area contributed by atoms with Crippen molar-refractivity contribution in [1.82, 2.24) is 4.98 Å². The molecule has 78 valence electrons. The Morgan fingerprint density at radius 1 is 1.12 bits per heavy atom. The van der Waals surface area contributed by atoms with Crippen molar-refractivity contribution in [1.29, 1.82) is 0 Å². The highest BCUT2D eigenvalue weighted by Crippen LogP contribution is 2.18. The Hall–Kier alpha value is -2.23. The molecule has 0 saturated carbocycles. The number of pyridine rings is 1. The van der Waals surface area contributed by atoms with E-state index >= 15 is 0 Å². The molecule has 0 N–H and O–H groups in total. The van der Waals surface area contributed by atoms with Gasteiger partial charge < -0.3 is 4.42 Å². The lowest BCUT2D eigenvalue weighted by Crippen LogP contribution is -2.03. The smallest absolute Gasteiger partial charge is 0.230 e. The molecule has 4 heteroatoms. The van der Waals surface area contributed by atoms with Crippen LogP contribution in [0.5, 0.6) is 0 Å². The molecule has 3 aromatic rings. The molecule has 3 rings (SSSR count). The van der Waals surface area contributed by atoms with Crippen LogP contribution >= 0.6 is 0 Å². The number of benzene rings is 1. The topological polar surface area (TPSA) is 43.1 Å². The molecule has 2 aromatic heterocycles. The maximum atomic E-state index is 13.4. The van der Waals surface area contributed by atoms with E-state index in [1.54, 1.807) is 12.1 Å². The minimum Gasteiger partial charge on any atom is -0.434 e. The van der Waals surface area contributed by atoms with Gasteiger partial charge in [0.1, 0.15) is 0 Å². The molecule has 0 aliphatic rings. The lowest BCUT2D eigenvalue weighted by molar-refractivity contribution is 0.573. The van der Waals surface area contributed by atoms with Crippen LogP contribution in [0.3, 0.4) is 0 Å². The summed E-state index contributed by atoms with van der Waals surface area (Å²) in [7, 11) is 0. The van der Waals surface area contributed by atoms with Gasteiger partial charge in [0.15, 0.2) is 11.4 Å². The van der Waals surface area contributed by atoms with E-state index < -0.39 is 5.82 Å². The Morgan fingerprint density at radius 2 is 1.94 bits per heavy atom. The molecule has 16 heavy (non-hydrogen) atoms. The first-order valence-electron chi connectivity index (χ1n) is 4.73. The summed E-state index contributed by atoms with van der Waals surface area (Å²) in [5.41, 5.74) is -0.146. The monoisotopic (exact) mass is 215 g/mol. The van der Waals surface area contributed by atoms with Crippen molar-refractivity contribution < 1.29 is 8.81 Å². The number of hydrogen-bond acceptors (Lipinski definition) is 3. The van der Waals surface area contributed by atoms with Crippen LogP contribution in [0.25, 0.3) is 22.1 Å². The predicted octanol–water partition coefficient (Wildman–Crippen LogP) is 2.48. The molecular weight excluding hydrogens is 209 g/mol. The van der Waals surface area contributed by atoms with E-state index in [1.165, 1.54) is 24.4 Å². The van der Waals surface area contributed by atoms with E-state index in [0.29, 0.717) is 5.39 Å². The van der Waals surface area contributed by atoms with Crippen LogP contribution in [0.4, 0.5) is 4.39 Å². The number of nitrogens with zero attached hydrogens (tertiary/aromatic N) is 1. The Balaban J connectivity index is 2.67. The third kappa shape index (κ3) is 1.13. The van der Waals surface area contributed by atoms with Gasteiger partial charge in [0, 0.05) is 6.20 Å². The minimum absolute atomic E-state index is 0.0429. The molecule has 1 aromatic carbocycles. The van der Waals surface area contributed by atoms with Crippen LogP contribution in [0.2, 0.25) is 0 Å². The summed E-state index contributed by atoms with van der Waals surface area (Å²) in [5.74, 6) is -0.554. The van der Waals surface area contributed by atoms with Gasteiger partial charge in [-0.2, -0.15) is 0 Å². The highest BCUT2D eigenvalue weighted by Gasteiger charge is 2.10. The first kappa shape index (κ1) is 9.03. The van der Waals surface area contributed by atoms with Crippen LogP contribution in [0.1, 0.15) is 0 Å². The third-order valence-corrected chi connectivity index (χ3v) is 2.43. The lowest BCUT2D eigenvalue weighted by Gasteiger charge is -2.00. The summed E-state index contributed by atoms with van der Waals surface area (Å²) in [6.07, 6.45) is 1.50. The van der Waals surface area contributed by atoms with E-state index in [-0.39, 0.29) is 22.1 Å². The Kier molecular flexibility index (Phi) is 1.77. The number of para-hydroxylation sites is 1. The maximum absolute atomic E-state index is 13.4. The zero-order chi connectivity index (χ0) is 11.1. The molecule has 0 saturated heterocycles. The molecule has 0 aliphatic carbocycles. The van der Waals surface area contributed by atoms with Crippen LogP contribution in [0.15, 0.2) is 45.7 Å². The van der Waals surface area contributed by atoms with Gasteiger partial charge in [0.05, 0.1) is 10.8 Å². The predicted molar refractivity (Wildman–Crippen MR) is 57.7 cm³/mol. The Morgan fingerprint density at radius 3 is 2.81 bits per heavy atom. The van der Waals surface area contributed by atoms with E-state index in [1.807, 2.05) is 0 Å². The molecule has 0 amide bonds. The van der Waals surface area contributed by atoms with Crippen molar-refractivity contribution >= 4 is 22.1 Å². The molecule has 0 atom stereocenters. The largest absolute Gasteiger partial charge is 0.434 e. The van der Waals surface area contributed by atoms with Gasteiger partial charge in [-0.25, -0.2) is 9.37 Å². The van der Waals surface area contributed by atoms with E-state index in [9.17, 15) is 9.18 Å². The van der Waals surface area contributed by atoms with Crippen molar-refractivity contribution in [2.24, 2.45) is 0 Å². The van der Waals surface area contributed by atoms with Gasteiger partial charge in [-0.1, -0.05) is 6.07 Å². The van der Waals surface area contributed by atoms with E-state index in [0.717, 1.165) is 0 Å². The number of hydrogen-bond donors (Lipinski definition) is 0. The zero-order valence-electron chi connectivity index (χ0n) is 8.11. The molecule has 0 bridgehead atoms. The van der Waals surface area contributed by atoms with Gasteiger partial charge >= 0.3 is 0 Å². The second-order valence-electron chi connectivity index (χ2n) is 3.40. The van der Waals surface area contributed by atoms with Gasteiger partial charge in [-0.15, -0.1) is 0 Å². The SMILES string of the molecule is O=c1c2cccnc2oc2c(F)cccc12. The van der Waals surface area contributed by atoms with Gasteiger partial charge in [-0.3, -0.25) is 4.79 Å². The van der Waals surface area contributed by atoms with Crippen molar-refractivity contribution in [2.75, 3.05) is 0 Å². The Bertz CT molecular complexity index is 749. The van der Waals surface area contributed by atoms with Crippen molar-refractivity contribution in [3.05, 3.63) is 52.6 Å². The normalized spacial score (nSPS) is 11.1. The second-order valence-corrected chi connectivity index (χ2v) is 3.40. The third-order valence-electron chi connectivity index (χ3n) is 2.43. The highest BCUT2D eigenvalue weighted by molar-refractivity contribution is 5.88. The summed E-state index contributed by atoms with van der Waals surface area (Å²) in [6, 6.07) is 7.52. The maximum Gasteiger partial charge on any atom is 0.230 e. The van der Waals surface area contributed by atoms with Crippen molar-refractivity contribution in [2.45, 2.75) is 0 Å². The lowest BCUT2D eigenvalue weighted by atomic mass is 10.2. The molecule has 0 unspecified atom stereocenters.